The lowest BCUT2D eigenvalue weighted by molar-refractivity contribution is 0.672. The second-order valence-corrected chi connectivity index (χ2v) is 5.54. The first-order valence-corrected chi connectivity index (χ1v) is 6.23. The number of hydrogen-bond acceptors (Lipinski definition) is 2. The van der Waals surface area contributed by atoms with Crippen LogP contribution < -0.4 is 5.32 Å². The van der Waals surface area contributed by atoms with Gasteiger partial charge in [0.05, 0.1) is 16.0 Å². The second-order valence-electron chi connectivity index (χ2n) is 3.37. The van der Waals surface area contributed by atoms with Crippen LogP contribution in [0.25, 0.3) is 0 Å². The smallest absolute Gasteiger partial charge is 0.0574 e. The molecule has 1 saturated heterocycles. The third-order valence-electron chi connectivity index (χ3n) is 2.36. The molecule has 2 atom stereocenters. The van der Waals surface area contributed by atoms with Crippen LogP contribution in [0.1, 0.15) is 6.42 Å². The molecule has 1 unspecified atom stereocenters. The maximum atomic E-state index is 12.0. The van der Waals surface area contributed by atoms with Crippen molar-refractivity contribution < 1.29 is 4.21 Å². The first kappa shape index (κ1) is 13.0. The summed E-state index contributed by atoms with van der Waals surface area (Å²) in [6.07, 6.45) is 0.995. The number of hydrogen-bond donors (Lipinski definition) is 1. The summed E-state index contributed by atoms with van der Waals surface area (Å²) in [6.45, 7) is 1.83. The van der Waals surface area contributed by atoms with Crippen molar-refractivity contribution in [2.45, 2.75) is 16.6 Å². The van der Waals surface area contributed by atoms with Crippen molar-refractivity contribution in [2.75, 3.05) is 13.1 Å². The summed E-state index contributed by atoms with van der Waals surface area (Å²) in [4.78, 5) is 0.878. The monoisotopic (exact) mass is 265 g/mol. The molecule has 1 fully saturated rings. The topological polar surface area (TPSA) is 29.1 Å². The molecular weight excluding hydrogens is 253 g/mol. The molecule has 0 aliphatic carbocycles. The largest absolute Gasteiger partial charge is 0.315 e. The predicted octanol–water partition coefficient (Wildman–Crippen LogP) is 2.23. The Balaban J connectivity index is 0.00000112. The second kappa shape index (κ2) is 5.85. The zero-order valence-electron chi connectivity index (χ0n) is 8.11. The first-order valence-electron chi connectivity index (χ1n) is 4.64. The first-order chi connectivity index (χ1) is 6.77. The molecule has 0 aromatic heterocycles. The third kappa shape index (κ3) is 3.18. The Kier molecular flexibility index (Phi) is 5.06. The van der Waals surface area contributed by atoms with E-state index in [0.717, 1.165) is 24.4 Å². The van der Waals surface area contributed by atoms with E-state index in [2.05, 4.69) is 5.32 Å². The minimum atomic E-state index is -0.888. The van der Waals surface area contributed by atoms with Gasteiger partial charge in [-0.15, -0.1) is 12.4 Å². The zero-order valence-corrected chi connectivity index (χ0v) is 10.5. The van der Waals surface area contributed by atoms with Gasteiger partial charge < -0.3 is 5.32 Å². The normalized spacial score (nSPS) is 22.1. The van der Waals surface area contributed by atoms with E-state index in [-0.39, 0.29) is 17.7 Å². The van der Waals surface area contributed by atoms with Crippen LogP contribution in [0, 0.1) is 0 Å². The van der Waals surface area contributed by atoms with Gasteiger partial charge in [0.1, 0.15) is 0 Å². The summed E-state index contributed by atoms with van der Waals surface area (Å²) in [6, 6.07) is 7.27. The quantitative estimate of drug-likeness (QED) is 0.889. The fourth-order valence-electron chi connectivity index (χ4n) is 1.57. The molecule has 1 N–H and O–H groups in total. The molecule has 0 bridgehead atoms. The summed E-state index contributed by atoms with van der Waals surface area (Å²) < 4.78 is 12.0. The predicted molar refractivity (Wildman–Crippen MR) is 66.4 cm³/mol. The van der Waals surface area contributed by atoms with E-state index in [1.807, 2.05) is 12.1 Å². The van der Waals surface area contributed by atoms with E-state index in [1.165, 1.54) is 0 Å². The molecule has 0 amide bonds. The highest BCUT2D eigenvalue weighted by Crippen LogP contribution is 2.18. The lowest BCUT2D eigenvalue weighted by atomic mass is 10.4. The Bertz CT molecular complexity index is 336. The van der Waals surface area contributed by atoms with E-state index >= 15 is 0 Å². The number of nitrogens with one attached hydrogen (secondary N) is 1. The van der Waals surface area contributed by atoms with Gasteiger partial charge in [0.2, 0.25) is 0 Å². The van der Waals surface area contributed by atoms with Crippen LogP contribution in [0.3, 0.4) is 0 Å². The Hall–Kier alpha value is -0.0900. The highest BCUT2D eigenvalue weighted by atomic mass is 35.5. The molecule has 1 aromatic rings. The summed E-state index contributed by atoms with van der Waals surface area (Å²) in [7, 11) is -0.888. The van der Waals surface area contributed by atoms with Crippen LogP contribution in [0.2, 0.25) is 5.02 Å². The Morgan fingerprint density at radius 3 is 2.53 bits per heavy atom. The van der Waals surface area contributed by atoms with Gasteiger partial charge in [0.15, 0.2) is 0 Å². The van der Waals surface area contributed by atoms with Crippen LogP contribution in [0.5, 0.6) is 0 Å². The highest BCUT2D eigenvalue weighted by Gasteiger charge is 2.21. The molecule has 1 aromatic carbocycles. The molecule has 5 heteroatoms. The van der Waals surface area contributed by atoms with Gasteiger partial charge >= 0.3 is 0 Å². The third-order valence-corrected chi connectivity index (χ3v) is 4.36. The van der Waals surface area contributed by atoms with Crippen molar-refractivity contribution in [3.05, 3.63) is 29.3 Å². The lowest BCUT2D eigenvalue weighted by Gasteiger charge is -2.07. The van der Waals surface area contributed by atoms with E-state index < -0.39 is 10.8 Å². The van der Waals surface area contributed by atoms with Gasteiger partial charge in [-0.25, -0.2) is 0 Å². The molecule has 2 rings (SSSR count). The van der Waals surface area contributed by atoms with E-state index in [1.54, 1.807) is 12.1 Å². The van der Waals surface area contributed by atoms with Gasteiger partial charge in [0, 0.05) is 16.5 Å². The van der Waals surface area contributed by atoms with E-state index in [4.69, 9.17) is 11.6 Å². The Morgan fingerprint density at radius 2 is 2.00 bits per heavy atom. The summed E-state index contributed by atoms with van der Waals surface area (Å²) in [5.41, 5.74) is 0. The van der Waals surface area contributed by atoms with E-state index in [9.17, 15) is 4.21 Å². The lowest BCUT2D eigenvalue weighted by Crippen LogP contribution is -2.18. The van der Waals surface area contributed by atoms with Crippen LogP contribution in [0.15, 0.2) is 29.2 Å². The molecular formula is C10H13Cl2NOS. The fraction of sp³-hybridized carbons (Fsp3) is 0.400. The van der Waals surface area contributed by atoms with Crippen molar-refractivity contribution in [1.82, 2.24) is 5.32 Å². The standard InChI is InChI=1S/C10H12ClNOS.ClH/c11-8-1-3-9(4-2-8)14(13)10-5-6-12-7-10;/h1-4,10,12H,5-7H2;1H/t10-,14?;/m0./s1. The molecule has 0 spiro atoms. The van der Waals surface area contributed by atoms with Crippen LogP contribution in [0.4, 0.5) is 0 Å². The minimum Gasteiger partial charge on any atom is -0.315 e. The molecule has 1 heterocycles. The van der Waals surface area contributed by atoms with Crippen molar-refractivity contribution in [1.29, 1.82) is 0 Å². The Morgan fingerprint density at radius 1 is 1.33 bits per heavy atom. The maximum Gasteiger partial charge on any atom is 0.0574 e. The van der Waals surface area contributed by atoms with Crippen molar-refractivity contribution >= 4 is 34.8 Å². The van der Waals surface area contributed by atoms with Crippen LogP contribution in [-0.4, -0.2) is 22.5 Å². The van der Waals surface area contributed by atoms with Gasteiger partial charge in [-0.05, 0) is 37.2 Å². The molecule has 84 valence electrons. The van der Waals surface area contributed by atoms with E-state index in [0.29, 0.717) is 5.02 Å². The van der Waals surface area contributed by atoms with Crippen molar-refractivity contribution in [3.63, 3.8) is 0 Å². The molecule has 0 saturated carbocycles. The van der Waals surface area contributed by atoms with Gasteiger partial charge in [-0.1, -0.05) is 11.6 Å². The van der Waals surface area contributed by atoms with Crippen molar-refractivity contribution in [2.24, 2.45) is 0 Å². The summed E-state index contributed by atoms with van der Waals surface area (Å²) >= 11 is 5.76. The Labute approximate surface area is 103 Å². The molecule has 2 nitrogen and oxygen atoms in total. The molecule has 15 heavy (non-hydrogen) atoms. The molecule has 1 aliphatic heterocycles. The summed E-state index contributed by atoms with van der Waals surface area (Å²) in [5, 5.41) is 4.17. The maximum absolute atomic E-state index is 12.0. The average molecular weight is 266 g/mol. The average Bonchev–Trinajstić information content (AvgIpc) is 2.71. The SMILES string of the molecule is Cl.O=S(c1ccc(Cl)cc1)[C@H]1CCNC1. The summed E-state index contributed by atoms with van der Waals surface area (Å²) in [5.74, 6) is 0. The van der Waals surface area contributed by atoms with Gasteiger partial charge in [-0.3, -0.25) is 4.21 Å². The minimum absolute atomic E-state index is 0. The number of halogens is 2. The van der Waals surface area contributed by atoms with Gasteiger partial charge in [-0.2, -0.15) is 0 Å². The number of rotatable bonds is 2. The van der Waals surface area contributed by atoms with Crippen molar-refractivity contribution in [3.8, 4) is 0 Å². The molecule has 1 aliphatic rings. The molecule has 0 radical (unpaired) electrons. The fourth-order valence-corrected chi connectivity index (χ4v) is 3.09. The highest BCUT2D eigenvalue weighted by molar-refractivity contribution is 7.85. The van der Waals surface area contributed by atoms with Crippen LogP contribution in [-0.2, 0) is 10.8 Å². The number of benzene rings is 1. The van der Waals surface area contributed by atoms with Gasteiger partial charge in [0.25, 0.3) is 0 Å². The zero-order chi connectivity index (χ0) is 9.97. The van der Waals surface area contributed by atoms with Crippen LogP contribution >= 0.6 is 24.0 Å².